The zero-order chi connectivity index (χ0) is 7.41. The predicted molar refractivity (Wildman–Crippen MR) is 34.3 cm³/mol. The summed E-state index contributed by atoms with van der Waals surface area (Å²) in [4.78, 5) is 0. The number of fused-ring (bicyclic) bond motifs is 2. The molecule has 2 aliphatic rings. The highest BCUT2D eigenvalue weighted by Gasteiger charge is 2.57. The normalized spacial score (nSPS) is 59.7. The average Bonchev–Trinajstić information content (AvgIpc) is 2.17. The Morgan fingerprint density at radius 1 is 1.50 bits per heavy atom. The van der Waals surface area contributed by atoms with Crippen LogP contribution in [0.5, 0.6) is 0 Å². The highest BCUT2D eigenvalue weighted by Crippen LogP contribution is 2.48. The van der Waals surface area contributed by atoms with Gasteiger partial charge in [-0.2, -0.15) is 0 Å². The molecule has 3 nitrogen and oxygen atoms in total. The number of aliphatic hydroxyl groups excluding tert-OH is 1. The van der Waals surface area contributed by atoms with Crippen molar-refractivity contribution in [3.63, 3.8) is 0 Å². The largest absolute Gasteiger partial charge is 0.390 e. The topological polar surface area (TPSA) is 49.7 Å². The molecule has 0 spiro atoms. The summed E-state index contributed by atoms with van der Waals surface area (Å²) in [6.45, 7) is 1.85. The summed E-state index contributed by atoms with van der Waals surface area (Å²) in [5, 5.41) is 18.9. The summed E-state index contributed by atoms with van der Waals surface area (Å²) < 4.78 is 5.27. The maximum absolute atomic E-state index is 9.50. The fourth-order valence-electron chi connectivity index (χ4n) is 1.88. The third-order valence-electron chi connectivity index (χ3n) is 2.65. The second-order valence-corrected chi connectivity index (χ2v) is 3.58. The van der Waals surface area contributed by atoms with Crippen molar-refractivity contribution in [2.45, 2.75) is 43.7 Å². The van der Waals surface area contributed by atoms with Gasteiger partial charge >= 0.3 is 0 Å². The fraction of sp³-hybridized carbons (Fsp3) is 1.00. The first kappa shape index (κ1) is 6.58. The zero-order valence-corrected chi connectivity index (χ0v) is 6.00. The maximum Gasteiger partial charge on any atom is 0.168 e. The minimum atomic E-state index is -1.01. The highest BCUT2D eigenvalue weighted by molar-refractivity contribution is 5.02. The number of rotatable bonds is 0. The minimum Gasteiger partial charge on any atom is -0.390 e. The van der Waals surface area contributed by atoms with Gasteiger partial charge in [0.2, 0.25) is 0 Å². The van der Waals surface area contributed by atoms with Gasteiger partial charge in [-0.25, -0.2) is 0 Å². The van der Waals surface area contributed by atoms with Crippen LogP contribution in [0, 0.1) is 0 Å². The van der Waals surface area contributed by atoms with Gasteiger partial charge in [-0.3, -0.25) is 0 Å². The number of ether oxygens (including phenoxy) is 1. The molecule has 3 heteroatoms. The monoisotopic (exact) mass is 144 g/mol. The van der Waals surface area contributed by atoms with E-state index >= 15 is 0 Å². The van der Waals surface area contributed by atoms with Gasteiger partial charge in [0.15, 0.2) is 5.79 Å². The lowest BCUT2D eigenvalue weighted by Crippen LogP contribution is -2.35. The van der Waals surface area contributed by atoms with E-state index in [0.717, 1.165) is 6.42 Å². The van der Waals surface area contributed by atoms with Gasteiger partial charge in [-0.1, -0.05) is 0 Å². The van der Waals surface area contributed by atoms with Crippen LogP contribution in [-0.2, 0) is 4.74 Å². The van der Waals surface area contributed by atoms with Crippen molar-refractivity contribution in [3.05, 3.63) is 0 Å². The number of hydrogen-bond donors (Lipinski definition) is 2. The van der Waals surface area contributed by atoms with Gasteiger partial charge in [0, 0.05) is 12.8 Å². The Kier molecular flexibility index (Phi) is 1.02. The molecule has 2 heterocycles. The van der Waals surface area contributed by atoms with Gasteiger partial charge < -0.3 is 14.9 Å². The molecule has 10 heavy (non-hydrogen) atoms. The van der Waals surface area contributed by atoms with E-state index in [2.05, 4.69) is 0 Å². The third-order valence-corrected chi connectivity index (χ3v) is 2.65. The molecule has 2 N–H and O–H groups in total. The van der Waals surface area contributed by atoms with E-state index in [9.17, 15) is 10.2 Å². The first-order valence-electron chi connectivity index (χ1n) is 3.65. The molecule has 0 saturated carbocycles. The second-order valence-electron chi connectivity index (χ2n) is 3.58. The molecule has 58 valence electrons. The highest BCUT2D eigenvalue weighted by atomic mass is 16.7. The van der Waals surface area contributed by atoms with Crippen LogP contribution in [0.25, 0.3) is 0 Å². The van der Waals surface area contributed by atoms with E-state index in [4.69, 9.17) is 4.74 Å². The molecule has 0 radical (unpaired) electrons. The molecule has 0 aliphatic carbocycles. The van der Waals surface area contributed by atoms with Gasteiger partial charge in [0.05, 0.1) is 11.7 Å². The van der Waals surface area contributed by atoms with Gasteiger partial charge in [-0.15, -0.1) is 0 Å². The number of hydrogen-bond acceptors (Lipinski definition) is 3. The van der Waals surface area contributed by atoms with E-state index in [1.165, 1.54) is 0 Å². The van der Waals surface area contributed by atoms with Crippen LogP contribution in [0.3, 0.4) is 0 Å². The molecule has 2 fully saturated rings. The second kappa shape index (κ2) is 1.55. The van der Waals surface area contributed by atoms with Crippen molar-refractivity contribution in [1.82, 2.24) is 0 Å². The van der Waals surface area contributed by atoms with Gasteiger partial charge in [-0.05, 0) is 13.3 Å². The summed E-state index contributed by atoms with van der Waals surface area (Å²) in [6.07, 6.45) is 1.33. The molecule has 2 rings (SSSR count). The molecule has 2 saturated heterocycles. The Labute approximate surface area is 59.6 Å². The van der Waals surface area contributed by atoms with Crippen LogP contribution in [0.15, 0.2) is 0 Å². The number of aliphatic hydroxyl groups is 2. The minimum absolute atomic E-state index is 0.378. The average molecular weight is 144 g/mol. The standard InChI is InChI=1S/C7H12O3/c1-6-2-3-7(9,10-6)4-5(6)8/h5,8-9H,2-4H2,1H3/t5-,6+,7-/m1/s1. The van der Waals surface area contributed by atoms with Gasteiger partial charge in [0.1, 0.15) is 0 Å². The Morgan fingerprint density at radius 3 is 2.40 bits per heavy atom. The summed E-state index contributed by atoms with van der Waals surface area (Å²) in [6, 6.07) is 0. The van der Waals surface area contributed by atoms with E-state index < -0.39 is 17.5 Å². The van der Waals surface area contributed by atoms with E-state index in [0.29, 0.717) is 12.8 Å². The molecular weight excluding hydrogens is 132 g/mol. The molecule has 3 atom stereocenters. The van der Waals surface area contributed by atoms with E-state index in [1.54, 1.807) is 0 Å². The molecule has 0 aromatic rings. The van der Waals surface area contributed by atoms with Crippen molar-refractivity contribution in [2.24, 2.45) is 0 Å². The van der Waals surface area contributed by atoms with Gasteiger partial charge in [0.25, 0.3) is 0 Å². The zero-order valence-electron chi connectivity index (χ0n) is 6.00. The Morgan fingerprint density at radius 2 is 2.20 bits per heavy atom. The van der Waals surface area contributed by atoms with Crippen molar-refractivity contribution >= 4 is 0 Å². The van der Waals surface area contributed by atoms with E-state index in [-0.39, 0.29) is 0 Å². The maximum atomic E-state index is 9.50. The van der Waals surface area contributed by atoms with Crippen LogP contribution in [0.4, 0.5) is 0 Å². The van der Waals surface area contributed by atoms with Crippen LogP contribution in [-0.4, -0.2) is 27.7 Å². The predicted octanol–water partition coefficient (Wildman–Crippen LogP) is 0.00870. The van der Waals surface area contributed by atoms with E-state index in [1.807, 2.05) is 6.92 Å². The molecular formula is C7H12O3. The molecule has 0 unspecified atom stereocenters. The van der Waals surface area contributed by atoms with Crippen LogP contribution in [0.1, 0.15) is 26.2 Å². The third kappa shape index (κ3) is 0.654. The molecule has 0 aromatic heterocycles. The summed E-state index contributed by atoms with van der Waals surface area (Å²) in [5.74, 6) is -1.01. The quantitative estimate of drug-likeness (QED) is 0.503. The van der Waals surface area contributed by atoms with Crippen molar-refractivity contribution in [3.8, 4) is 0 Å². The summed E-state index contributed by atoms with van der Waals surface area (Å²) >= 11 is 0. The lowest BCUT2D eigenvalue weighted by Gasteiger charge is -2.23. The fourth-order valence-corrected chi connectivity index (χ4v) is 1.88. The van der Waals surface area contributed by atoms with Crippen molar-refractivity contribution < 1.29 is 14.9 Å². The molecule has 2 bridgehead atoms. The molecule has 0 amide bonds. The lowest BCUT2D eigenvalue weighted by molar-refractivity contribution is -0.178. The molecule has 2 aliphatic heterocycles. The summed E-state index contributed by atoms with van der Waals surface area (Å²) in [5.41, 5.74) is -0.464. The van der Waals surface area contributed by atoms with Crippen LogP contribution in [0.2, 0.25) is 0 Å². The lowest BCUT2D eigenvalue weighted by atomic mass is 9.86. The Balaban J connectivity index is 2.28. The SMILES string of the molecule is C[C@]12CC[C@](O)(C[C@H]1O)O2. The Bertz CT molecular complexity index is 170. The molecule has 0 aromatic carbocycles. The first-order chi connectivity index (χ1) is 4.54. The summed E-state index contributed by atoms with van der Waals surface area (Å²) in [7, 11) is 0. The Hall–Kier alpha value is -0.120. The van der Waals surface area contributed by atoms with Crippen LogP contribution < -0.4 is 0 Å². The smallest absolute Gasteiger partial charge is 0.168 e. The van der Waals surface area contributed by atoms with Crippen molar-refractivity contribution in [1.29, 1.82) is 0 Å². The van der Waals surface area contributed by atoms with Crippen molar-refractivity contribution in [2.75, 3.05) is 0 Å². The van der Waals surface area contributed by atoms with Crippen LogP contribution >= 0.6 is 0 Å². The first-order valence-corrected chi connectivity index (χ1v) is 3.65.